The summed E-state index contributed by atoms with van der Waals surface area (Å²) >= 11 is 5.90. The van der Waals surface area contributed by atoms with Gasteiger partial charge >= 0.3 is 0 Å². The number of nitrogens with one attached hydrogen (secondary N) is 1. The SMILES string of the molecule is CN(CCc1ccncc1)C(=O)c1ccc(NCCc2ccc(Cl)cc2)cn1. The number of carbonyl (C=O) groups is 1. The molecule has 1 amide bonds. The van der Waals surface area contributed by atoms with Crippen LogP contribution < -0.4 is 5.32 Å². The van der Waals surface area contributed by atoms with E-state index in [0.29, 0.717) is 12.2 Å². The lowest BCUT2D eigenvalue weighted by atomic mass is 10.1. The average molecular weight is 395 g/mol. The Kier molecular flexibility index (Phi) is 6.98. The number of anilines is 1. The third-order valence-corrected chi connectivity index (χ3v) is 4.72. The molecule has 0 radical (unpaired) electrons. The molecule has 0 fully saturated rings. The predicted octanol–water partition coefficient (Wildman–Crippen LogP) is 4.10. The van der Waals surface area contributed by atoms with Crippen LogP contribution in [0.2, 0.25) is 5.02 Å². The predicted molar refractivity (Wildman–Crippen MR) is 113 cm³/mol. The Morgan fingerprint density at radius 2 is 1.71 bits per heavy atom. The number of hydrogen-bond donors (Lipinski definition) is 1. The summed E-state index contributed by atoms with van der Waals surface area (Å²) in [6, 6.07) is 15.4. The monoisotopic (exact) mass is 394 g/mol. The number of halogens is 1. The van der Waals surface area contributed by atoms with E-state index in [1.165, 1.54) is 5.56 Å². The standard InChI is InChI=1S/C22H23ClN4O/c1-27(15-11-18-8-12-24-13-9-18)22(28)21-7-6-20(16-26-21)25-14-10-17-2-4-19(23)5-3-17/h2-9,12-13,16,25H,10-11,14-15H2,1H3. The fourth-order valence-electron chi connectivity index (χ4n) is 2.77. The molecule has 0 saturated carbocycles. The number of likely N-dealkylation sites (N-methyl/N-ethyl adjacent to an activating group) is 1. The Balaban J connectivity index is 1.47. The zero-order valence-electron chi connectivity index (χ0n) is 15.8. The van der Waals surface area contributed by atoms with Crippen LogP contribution in [0.5, 0.6) is 0 Å². The number of benzene rings is 1. The normalized spacial score (nSPS) is 10.5. The Morgan fingerprint density at radius 3 is 2.39 bits per heavy atom. The quantitative estimate of drug-likeness (QED) is 0.625. The van der Waals surface area contributed by atoms with Gasteiger partial charge in [-0.25, -0.2) is 4.98 Å². The summed E-state index contributed by atoms with van der Waals surface area (Å²) in [5.41, 5.74) is 3.71. The fraction of sp³-hybridized carbons (Fsp3) is 0.227. The van der Waals surface area contributed by atoms with Gasteiger partial charge in [0.1, 0.15) is 5.69 Å². The highest BCUT2D eigenvalue weighted by Gasteiger charge is 2.13. The largest absolute Gasteiger partial charge is 0.383 e. The molecular weight excluding hydrogens is 372 g/mol. The van der Waals surface area contributed by atoms with Crippen molar-refractivity contribution in [3.63, 3.8) is 0 Å². The van der Waals surface area contributed by atoms with E-state index >= 15 is 0 Å². The van der Waals surface area contributed by atoms with Crippen molar-refractivity contribution in [1.82, 2.24) is 14.9 Å². The topological polar surface area (TPSA) is 58.1 Å². The summed E-state index contributed by atoms with van der Waals surface area (Å²) in [5, 5.41) is 4.07. The lowest BCUT2D eigenvalue weighted by Gasteiger charge is -2.17. The van der Waals surface area contributed by atoms with E-state index in [2.05, 4.69) is 15.3 Å². The Hall–Kier alpha value is -2.92. The summed E-state index contributed by atoms with van der Waals surface area (Å²) in [4.78, 5) is 22.5. The smallest absolute Gasteiger partial charge is 0.272 e. The first-order valence-corrected chi connectivity index (χ1v) is 9.58. The molecule has 144 valence electrons. The summed E-state index contributed by atoms with van der Waals surface area (Å²) in [7, 11) is 1.80. The van der Waals surface area contributed by atoms with E-state index in [1.54, 1.807) is 36.6 Å². The molecule has 3 rings (SSSR count). The molecule has 2 aromatic heterocycles. The van der Waals surface area contributed by atoms with E-state index in [4.69, 9.17) is 11.6 Å². The highest BCUT2D eigenvalue weighted by atomic mass is 35.5. The summed E-state index contributed by atoms with van der Waals surface area (Å²) in [6.07, 6.45) is 6.89. The van der Waals surface area contributed by atoms with E-state index in [-0.39, 0.29) is 5.91 Å². The number of hydrogen-bond acceptors (Lipinski definition) is 4. The van der Waals surface area contributed by atoms with Crippen molar-refractivity contribution in [1.29, 1.82) is 0 Å². The van der Waals surface area contributed by atoms with Crippen LogP contribution in [0.3, 0.4) is 0 Å². The van der Waals surface area contributed by atoms with Crippen LogP contribution in [0, 0.1) is 0 Å². The van der Waals surface area contributed by atoms with Gasteiger partial charge in [-0.05, 0) is 60.4 Å². The second kappa shape index (κ2) is 9.85. The van der Waals surface area contributed by atoms with Crippen LogP contribution in [0.1, 0.15) is 21.6 Å². The Labute approximate surface area is 170 Å². The van der Waals surface area contributed by atoms with Gasteiger partial charge in [0, 0.05) is 37.6 Å². The van der Waals surface area contributed by atoms with Gasteiger partial charge in [0.25, 0.3) is 5.91 Å². The highest BCUT2D eigenvalue weighted by Crippen LogP contribution is 2.12. The maximum atomic E-state index is 12.5. The molecule has 1 N–H and O–H groups in total. The molecular formula is C22H23ClN4O. The van der Waals surface area contributed by atoms with E-state index in [1.807, 2.05) is 42.5 Å². The van der Waals surface area contributed by atoms with Crippen molar-refractivity contribution in [2.45, 2.75) is 12.8 Å². The lowest BCUT2D eigenvalue weighted by Crippen LogP contribution is -2.29. The molecule has 0 aliphatic heterocycles. The molecule has 0 bridgehead atoms. The van der Waals surface area contributed by atoms with Gasteiger partial charge in [0.05, 0.1) is 11.9 Å². The molecule has 3 aromatic rings. The average Bonchev–Trinajstić information content (AvgIpc) is 2.74. The number of rotatable bonds is 8. The van der Waals surface area contributed by atoms with Crippen LogP contribution in [0.25, 0.3) is 0 Å². The minimum Gasteiger partial charge on any atom is -0.383 e. The molecule has 0 unspecified atom stereocenters. The maximum absolute atomic E-state index is 12.5. The van der Waals surface area contributed by atoms with Crippen LogP contribution in [0.15, 0.2) is 67.1 Å². The molecule has 0 spiro atoms. The van der Waals surface area contributed by atoms with Crippen molar-refractivity contribution in [3.05, 3.63) is 89.0 Å². The van der Waals surface area contributed by atoms with E-state index in [0.717, 1.165) is 35.7 Å². The first-order chi connectivity index (χ1) is 13.6. The summed E-state index contributed by atoms with van der Waals surface area (Å²) in [6.45, 7) is 1.41. The molecule has 0 saturated heterocycles. The van der Waals surface area contributed by atoms with Gasteiger partial charge in [-0.15, -0.1) is 0 Å². The van der Waals surface area contributed by atoms with Crippen molar-refractivity contribution < 1.29 is 4.79 Å². The Bertz CT molecular complexity index is 883. The molecule has 2 heterocycles. The van der Waals surface area contributed by atoms with Crippen LogP contribution in [-0.2, 0) is 12.8 Å². The van der Waals surface area contributed by atoms with Crippen LogP contribution >= 0.6 is 11.6 Å². The van der Waals surface area contributed by atoms with Crippen LogP contribution in [-0.4, -0.2) is 40.9 Å². The summed E-state index contributed by atoms with van der Waals surface area (Å²) in [5.74, 6) is -0.0817. The van der Waals surface area contributed by atoms with Crippen molar-refractivity contribution in [2.75, 3.05) is 25.5 Å². The number of carbonyl (C=O) groups excluding carboxylic acids is 1. The zero-order valence-corrected chi connectivity index (χ0v) is 16.6. The molecule has 6 heteroatoms. The molecule has 0 atom stereocenters. The minimum atomic E-state index is -0.0817. The fourth-order valence-corrected chi connectivity index (χ4v) is 2.90. The van der Waals surface area contributed by atoms with Gasteiger partial charge in [-0.2, -0.15) is 0 Å². The lowest BCUT2D eigenvalue weighted by molar-refractivity contribution is 0.0791. The van der Waals surface area contributed by atoms with Gasteiger partial charge < -0.3 is 10.2 Å². The molecule has 1 aromatic carbocycles. The van der Waals surface area contributed by atoms with Crippen molar-refractivity contribution in [3.8, 4) is 0 Å². The van der Waals surface area contributed by atoms with Gasteiger partial charge in [0.15, 0.2) is 0 Å². The maximum Gasteiger partial charge on any atom is 0.272 e. The molecule has 0 aliphatic carbocycles. The van der Waals surface area contributed by atoms with Crippen molar-refractivity contribution in [2.24, 2.45) is 0 Å². The number of amides is 1. The third-order valence-electron chi connectivity index (χ3n) is 4.47. The molecule has 0 aliphatic rings. The first kappa shape index (κ1) is 19.8. The zero-order chi connectivity index (χ0) is 19.8. The summed E-state index contributed by atoms with van der Waals surface area (Å²) < 4.78 is 0. The second-order valence-electron chi connectivity index (χ2n) is 6.57. The van der Waals surface area contributed by atoms with Crippen LogP contribution in [0.4, 0.5) is 5.69 Å². The van der Waals surface area contributed by atoms with Gasteiger partial charge in [-0.1, -0.05) is 23.7 Å². The van der Waals surface area contributed by atoms with E-state index < -0.39 is 0 Å². The van der Waals surface area contributed by atoms with Gasteiger partial charge in [-0.3, -0.25) is 9.78 Å². The Morgan fingerprint density at radius 1 is 1.00 bits per heavy atom. The second-order valence-corrected chi connectivity index (χ2v) is 7.00. The van der Waals surface area contributed by atoms with Gasteiger partial charge in [0.2, 0.25) is 0 Å². The number of aromatic nitrogens is 2. The highest BCUT2D eigenvalue weighted by molar-refractivity contribution is 6.30. The van der Waals surface area contributed by atoms with E-state index in [9.17, 15) is 4.79 Å². The third kappa shape index (κ3) is 5.79. The molecule has 28 heavy (non-hydrogen) atoms. The number of pyridine rings is 2. The minimum absolute atomic E-state index is 0.0817. The first-order valence-electron chi connectivity index (χ1n) is 9.20. The number of nitrogens with zero attached hydrogens (tertiary/aromatic N) is 3. The van der Waals surface area contributed by atoms with Crippen molar-refractivity contribution >= 4 is 23.2 Å². The molecule has 5 nitrogen and oxygen atoms in total.